The van der Waals surface area contributed by atoms with Crippen molar-refractivity contribution in [3.05, 3.63) is 24.3 Å². The van der Waals surface area contributed by atoms with E-state index in [2.05, 4.69) is 20.8 Å². The van der Waals surface area contributed by atoms with Crippen molar-refractivity contribution in [3.63, 3.8) is 0 Å². The van der Waals surface area contributed by atoms with Crippen molar-refractivity contribution < 1.29 is 9.47 Å². The predicted molar refractivity (Wildman–Crippen MR) is 66.7 cm³/mol. The smallest absolute Gasteiger partial charge is 0.142 e. The van der Waals surface area contributed by atoms with Crippen LogP contribution in [0.4, 0.5) is 5.69 Å². The Morgan fingerprint density at radius 2 is 1.88 bits per heavy atom. The summed E-state index contributed by atoms with van der Waals surface area (Å²) in [6, 6.07) is 7.48. The molecule has 2 N–H and O–H groups in total. The van der Waals surface area contributed by atoms with Gasteiger partial charge in [-0.3, -0.25) is 0 Å². The van der Waals surface area contributed by atoms with Crippen LogP contribution in [0.1, 0.15) is 27.2 Å². The summed E-state index contributed by atoms with van der Waals surface area (Å²) < 4.78 is 11.2. The standard InChI is InChI=1S/C13H21NO2/c1-4-13(2,3)16-10-9-15-12-8-6-5-7-11(12)14/h5-8H,4,9-10,14H2,1-3H3. The first kappa shape index (κ1) is 12.8. The topological polar surface area (TPSA) is 44.5 Å². The Kier molecular flexibility index (Phi) is 4.62. The van der Waals surface area contributed by atoms with Gasteiger partial charge in [0.2, 0.25) is 0 Å². The zero-order chi connectivity index (χ0) is 12.0. The summed E-state index contributed by atoms with van der Waals surface area (Å²) in [6.07, 6.45) is 0.987. The Morgan fingerprint density at radius 1 is 1.19 bits per heavy atom. The van der Waals surface area contributed by atoms with Crippen LogP contribution in [0, 0.1) is 0 Å². The largest absolute Gasteiger partial charge is 0.489 e. The second kappa shape index (κ2) is 5.75. The molecule has 3 nitrogen and oxygen atoms in total. The fraction of sp³-hybridized carbons (Fsp3) is 0.538. The Morgan fingerprint density at radius 3 is 2.50 bits per heavy atom. The van der Waals surface area contributed by atoms with Gasteiger partial charge in [0.25, 0.3) is 0 Å². The molecule has 1 aromatic rings. The minimum atomic E-state index is -0.0778. The highest BCUT2D eigenvalue weighted by Crippen LogP contribution is 2.20. The van der Waals surface area contributed by atoms with E-state index in [0.717, 1.165) is 12.2 Å². The summed E-state index contributed by atoms with van der Waals surface area (Å²) in [6.45, 7) is 7.36. The van der Waals surface area contributed by atoms with Crippen molar-refractivity contribution in [2.45, 2.75) is 32.8 Å². The number of nitrogens with two attached hydrogens (primary N) is 1. The van der Waals surface area contributed by atoms with E-state index < -0.39 is 0 Å². The number of hydrogen-bond donors (Lipinski definition) is 1. The minimum absolute atomic E-state index is 0.0778. The molecule has 1 aromatic carbocycles. The molecule has 0 fully saturated rings. The third kappa shape index (κ3) is 4.11. The highest BCUT2D eigenvalue weighted by molar-refractivity contribution is 5.51. The average Bonchev–Trinajstić information content (AvgIpc) is 2.27. The van der Waals surface area contributed by atoms with Gasteiger partial charge in [-0.05, 0) is 32.4 Å². The molecular formula is C13H21NO2. The van der Waals surface area contributed by atoms with Crippen molar-refractivity contribution in [2.24, 2.45) is 0 Å². The number of benzene rings is 1. The van der Waals surface area contributed by atoms with Crippen molar-refractivity contribution >= 4 is 5.69 Å². The molecule has 0 saturated heterocycles. The van der Waals surface area contributed by atoms with Gasteiger partial charge < -0.3 is 15.2 Å². The maximum absolute atomic E-state index is 5.75. The fourth-order valence-electron chi connectivity index (χ4n) is 1.18. The molecular weight excluding hydrogens is 202 g/mol. The predicted octanol–water partition coefficient (Wildman–Crippen LogP) is 2.85. The number of ether oxygens (including phenoxy) is 2. The van der Waals surface area contributed by atoms with E-state index in [-0.39, 0.29) is 5.60 Å². The van der Waals surface area contributed by atoms with E-state index in [1.807, 2.05) is 24.3 Å². The van der Waals surface area contributed by atoms with Crippen LogP contribution in [0.2, 0.25) is 0 Å². The molecule has 16 heavy (non-hydrogen) atoms. The molecule has 0 saturated carbocycles. The van der Waals surface area contributed by atoms with Crippen LogP contribution in [0.25, 0.3) is 0 Å². The molecule has 0 aliphatic rings. The van der Waals surface area contributed by atoms with Crippen molar-refractivity contribution in [2.75, 3.05) is 18.9 Å². The maximum Gasteiger partial charge on any atom is 0.142 e. The number of hydrogen-bond acceptors (Lipinski definition) is 3. The van der Waals surface area contributed by atoms with Gasteiger partial charge in [0, 0.05) is 0 Å². The number of para-hydroxylation sites is 2. The third-order valence-electron chi connectivity index (χ3n) is 2.60. The maximum atomic E-state index is 5.75. The highest BCUT2D eigenvalue weighted by Gasteiger charge is 2.14. The van der Waals surface area contributed by atoms with Crippen molar-refractivity contribution in [1.82, 2.24) is 0 Å². The van der Waals surface area contributed by atoms with Gasteiger partial charge in [0.1, 0.15) is 12.4 Å². The fourth-order valence-corrected chi connectivity index (χ4v) is 1.18. The molecule has 0 amide bonds. The Bertz CT molecular complexity index is 323. The SMILES string of the molecule is CCC(C)(C)OCCOc1ccccc1N. The van der Waals surface area contributed by atoms with Gasteiger partial charge in [0.15, 0.2) is 0 Å². The van der Waals surface area contributed by atoms with Gasteiger partial charge in [-0.1, -0.05) is 19.1 Å². The first-order valence-electron chi connectivity index (χ1n) is 5.66. The first-order chi connectivity index (χ1) is 7.55. The highest BCUT2D eigenvalue weighted by atomic mass is 16.5. The van der Waals surface area contributed by atoms with Crippen LogP contribution < -0.4 is 10.5 Å². The molecule has 3 heteroatoms. The van der Waals surface area contributed by atoms with Crippen LogP contribution in [0.15, 0.2) is 24.3 Å². The quantitative estimate of drug-likeness (QED) is 0.595. The van der Waals surface area contributed by atoms with Gasteiger partial charge in [0.05, 0.1) is 17.9 Å². The van der Waals surface area contributed by atoms with E-state index in [4.69, 9.17) is 15.2 Å². The molecule has 0 atom stereocenters. The summed E-state index contributed by atoms with van der Waals surface area (Å²) in [5.74, 6) is 0.723. The number of nitrogen functional groups attached to an aromatic ring is 1. The number of anilines is 1. The molecule has 0 spiro atoms. The van der Waals surface area contributed by atoms with Gasteiger partial charge in [-0.25, -0.2) is 0 Å². The molecule has 0 bridgehead atoms. The van der Waals surface area contributed by atoms with E-state index in [9.17, 15) is 0 Å². The summed E-state index contributed by atoms with van der Waals surface area (Å²) in [5, 5.41) is 0. The van der Waals surface area contributed by atoms with Crippen LogP contribution >= 0.6 is 0 Å². The zero-order valence-corrected chi connectivity index (χ0v) is 10.3. The van der Waals surface area contributed by atoms with Gasteiger partial charge in [-0.2, -0.15) is 0 Å². The average molecular weight is 223 g/mol. The lowest BCUT2D eigenvalue weighted by Crippen LogP contribution is -2.25. The van der Waals surface area contributed by atoms with Gasteiger partial charge in [-0.15, -0.1) is 0 Å². The molecule has 0 aliphatic heterocycles. The summed E-state index contributed by atoms with van der Waals surface area (Å²) in [5.41, 5.74) is 6.34. The normalized spacial score (nSPS) is 11.4. The molecule has 0 aromatic heterocycles. The van der Waals surface area contributed by atoms with Crippen LogP contribution in [-0.4, -0.2) is 18.8 Å². The summed E-state index contributed by atoms with van der Waals surface area (Å²) in [7, 11) is 0. The van der Waals surface area contributed by atoms with E-state index in [1.54, 1.807) is 0 Å². The molecule has 0 aliphatic carbocycles. The molecule has 0 unspecified atom stereocenters. The van der Waals surface area contributed by atoms with E-state index in [1.165, 1.54) is 0 Å². The lowest BCUT2D eigenvalue weighted by atomic mass is 10.1. The Balaban J connectivity index is 2.29. The summed E-state index contributed by atoms with van der Waals surface area (Å²) in [4.78, 5) is 0. The Labute approximate surface area is 97.6 Å². The minimum Gasteiger partial charge on any atom is -0.489 e. The Hall–Kier alpha value is -1.22. The van der Waals surface area contributed by atoms with Crippen LogP contribution in [0.5, 0.6) is 5.75 Å². The van der Waals surface area contributed by atoms with Crippen molar-refractivity contribution in [3.8, 4) is 5.75 Å². The van der Waals surface area contributed by atoms with E-state index >= 15 is 0 Å². The summed E-state index contributed by atoms with van der Waals surface area (Å²) >= 11 is 0. The first-order valence-corrected chi connectivity index (χ1v) is 5.66. The van der Waals surface area contributed by atoms with Gasteiger partial charge >= 0.3 is 0 Å². The third-order valence-corrected chi connectivity index (χ3v) is 2.60. The second-order valence-electron chi connectivity index (χ2n) is 4.35. The number of rotatable bonds is 6. The molecule has 0 radical (unpaired) electrons. The monoisotopic (exact) mass is 223 g/mol. The molecule has 90 valence electrons. The molecule has 0 heterocycles. The van der Waals surface area contributed by atoms with Crippen molar-refractivity contribution in [1.29, 1.82) is 0 Å². The zero-order valence-electron chi connectivity index (χ0n) is 10.3. The lowest BCUT2D eigenvalue weighted by molar-refractivity contribution is -0.0316. The van der Waals surface area contributed by atoms with Crippen LogP contribution in [0.3, 0.4) is 0 Å². The molecule has 1 rings (SSSR count). The lowest BCUT2D eigenvalue weighted by Gasteiger charge is -2.23. The second-order valence-corrected chi connectivity index (χ2v) is 4.35. The van der Waals surface area contributed by atoms with E-state index in [0.29, 0.717) is 18.9 Å². The van der Waals surface area contributed by atoms with Crippen LogP contribution in [-0.2, 0) is 4.74 Å².